The summed E-state index contributed by atoms with van der Waals surface area (Å²) in [5.41, 5.74) is 7.34. The largest absolute Gasteiger partial charge is 0.478 e. The summed E-state index contributed by atoms with van der Waals surface area (Å²) < 4.78 is 4.83. The van der Waals surface area contributed by atoms with Gasteiger partial charge in [-0.1, -0.05) is 68.1 Å². The van der Waals surface area contributed by atoms with Crippen LogP contribution in [-0.4, -0.2) is 81.5 Å². The molecule has 54 heavy (non-hydrogen) atoms. The van der Waals surface area contributed by atoms with Crippen LogP contribution in [0.25, 0.3) is 44.6 Å². The Balaban J connectivity index is 0.000000195. The van der Waals surface area contributed by atoms with Gasteiger partial charge in [-0.15, -0.1) is 0 Å². The van der Waals surface area contributed by atoms with E-state index in [1.165, 1.54) is 7.11 Å². The lowest BCUT2D eigenvalue weighted by atomic mass is 10.1. The molecule has 280 valence electrons. The lowest BCUT2D eigenvalue weighted by Crippen LogP contribution is -2.28. The predicted molar refractivity (Wildman–Crippen MR) is 215 cm³/mol. The van der Waals surface area contributed by atoms with Crippen molar-refractivity contribution in [3.05, 3.63) is 108 Å². The maximum Gasteiger partial charge on any atom is 0.337 e. The summed E-state index contributed by atoms with van der Waals surface area (Å²) in [5, 5.41) is 16.2. The number of nitrogens with zero attached hydrogens (tertiary/aromatic N) is 6. The van der Waals surface area contributed by atoms with Gasteiger partial charge in [0.05, 0.1) is 40.3 Å². The third-order valence-corrected chi connectivity index (χ3v) is 9.70. The van der Waals surface area contributed by atoms with E-state index in [1.54, 1.807) is 30.3 Å². The Labute approximate surface area is 316 Å². The van der Waals surface area contributed by atoms with Crippen molar-refractivity contribution in [3.63, 3.8) is 0 Å². The van der Waals surface area contributed by atoms with E-state index in [4.69, 9.17) is 29.8 Å². The predicted octanol–water partition coefficient (Wildman–Crippen LogP) is 8.30. The normalized spacial score (nSPS) is 16.2. The van der Waals surface area contributed by atoms with Crippen molar-refractivity contribution in [2.45, 2.75) is 59.0 Å². The molecule has 0 radical (unpaired) electrons. The number of methoxy groups -OCH3 is 1. The van der Waals surface area contributed by atoms with E-state index in [1.807, 2.05) is 54.6 Å². The number of hydrogen-bond acceptors (Lipinski definition) is 10. The molecule has 2 aliphatic rings. The Morgan fingerprint density at radius 3 is 1.44 bits per heavy atom. The standard InChI is InChI=1S/C21H21N3O2.C20H19N3O2.CH4O.CH4/c1-14-7-6-12-24(14)20-19(15-8-4-3-5-9-15)22-17-11-10-16(21(25)26-2)13-18(17)23-20;1-13-6-5-11-23(13)19-18(14-7-3-2-4-8-14)21-16-10-9-15(20(24)25)12-17(16)22-19;1-2;/h3-5,8-11,13-14H,6-7,12H2,1-2H3;2-4,7-10,12-13H,5-6,11H2,1H3,(H,24,25);2H,1H3;1H4/t14-;13-;;/m11../s1. The molecule has 0 unspecified atom stereocenters. The highest BCUT2D eigenvalue weighted by Crippen LogP contribution is 2.35. The number of aromatic carboxylic acids is 1. The smallest absolute Gasteiger partial charge is 0.337 e. The van der Waals surface area contributed by atoms with E-state index in [0.717, 1.165) is 85.5 Å². The van der Waals surface area contributed by atoms with Gasteiger partial charge >= 0.3 is 11.9 Å². The average molecular weight is 729 g/mol. The van der Waals surface area contributed by atoms with Gasteiger partial charge in [0.1, 0.15) is 11.4 Å². The number of carboxylic acid groups (broad SMARTS) is 1. The van der Waals surface area contributed by atoms with Crippen LogP contribution in [0.3, 0.4) is 0 Å². The summed E-state index contributed by atoms with van der Waals surface area (Å²) in [7, 11) is 2.38. The first-order valence-electron chi connectivity index (χ1n) is 17.8. The number of hydrogen-bond donors (Lipinski definition) is 2. The molecule has 4 aromatic carbocycles. The monoisotopic (exact) mass is 728 g/mol. The zero-order valence-electron chi connectivity index (χ0n) is 30.4. The Morgan fingerprint density at radius 2 is 1.06 bits per heavy atom. The second-order valence-electron chi connectivity index (χ2n) is 13.1. The molecule has 0 spiro atoms. The number of aliphatic hydroxyl groups is 1. The van der Waals surface area contributed by atoms with Crippen LogP contribution >= 0.6 is 0 Å². The molecule has 0 aliphatic carbocycles. The van der Waals surface area contributed by atoms with Gasteiger partial charge in [0.2, 0.25) is 0 Å². The zero-order chi connectivity index (χ0) is 37.5. The van der Waals surface area contributed by atoms with Crippen molar-refractivity contribution in [1.29, 1.82) is 0 Å². The number of benzene rings is 4. The summed E-state index contributed by atoms with van der Waals surface area (Å²) in [6, 6.07) is 31.2. The summed E-state index contributed by atoms with van der Waals surface area (Å²) in [6.07, 6.45) is 4.56. The lowest BCUT2D eigenvalue weighted by molar-refractivity contribution is 0.0600. The van der Waals surface area contributed by atoms with Crippen LogP contribution in [0.2, 0.25) is 0 Å². The maximum absolute atomic E-state index is 11.9. The van der Waals surface area contributed by atoms with Crippen LogP contribution in [0.1, 0.15) is 67.7 Å². The number of carbonyl (C=O) groups excluding carboxylic acids is 1. The fourth-order valence-electron chi connectivity index (χ4n) is 6.94. The molecular formula is C43H48N6O5. The van der Waals surface area contributed by atoms with Gasteiger partial charge in [0.25, 0.3) is 0 Å². The van der Waals surface area contributed by atoms with Gasteiger partial charge in [-0.25, -0.2) is 29.5 Å². The average Bonchev–Trinajstić information content (AvgIpc) is 3.85. The molecule has 2 aliphatic heterocycles. The highest BCUT2D eigenvalue weighted by Gasteiger charge is 2.27. The number of esters is 1. The minimum atomic E-state index is -0.952. The summed E-state index contributed by atoms with van der Waals surface area (Å²) in [6.45, 7) is 6.33. The first-order chi connectivity index (χ1) is 25.8. The molecule has 2 N–H and O–H groups in total. The van der Waals surface area contributed by atoms with Gasteiger partial charge in [-0.2, -0.15) is 0 Å². The number of carboxylic acids is 1. The van der Waals surface area contributed by atoms with E-state index in [2.05, 4.69) is 35.8 Å². The summed E-state index contributed by atoms with van der Waals surface area (Å²) in [5.74, 6) is 0.408. The third-order valence-electron chi connectivity index (χ3n) is 9.70. The maximum atomic E-state index is 11.9. The number of carbonyl (C=O) groups is 2. The van der Waals surface area contributed by atoms with Crippen LogP contribution in [0.4, 0.5) is 11.6 Å². The van der Waals surface area contributed by atoms with Gasteiger partial charge < -0.3 is 24.7 Å². The fraction of sp³-hybridized carbons (Fsp3) is 0.302. The molecule has 2 fully saturated rings. The van der Waals surface area contributed by atoms with E-state index in [9.17, 15) is 14.7 Å². The number of anilines is 2. The quantitative estimate of drug-likeness (QED) is 0.160. The molecule has 11 heteroatoms. The van der Waals surface area contributed by atoms with Crippen LogP contribution in [-0.2, 0) is 4.74 Å². The molecular weight excluding hydrogens is 681 g/mol. The van der Waals surface area contributed by atoms with Crippen molar-refractivity contribution in [3.8, 4) is 22.5 Å². The van der Waals surface area contributed by atoms with Crippen LogP contribution < -0.4 is 9.80 Å². The van der Waals surface area contributed by atoms with E-state index in [0.29, 0.717) is 34.2 Å². The molecule has 6 aromatic rings. The third kappa shape index (κ3) is 8.31. The Hall–Kier alpha value is -5.94. The second-order valence-corrected chi connectivity index (χ2v) is 13.1. The fourth-order valence-corrected chi connectivity index (χ4v) is 6.94. The molecule has 11 nitrogen and oxygen atoms in total. The van der Waals surface area contributed by atoms with Crippen molar-refractivity contribution in [2.75, 3.05) is 37.1 Å². The minimum Gasteiger partial charge on any atom is -0.478 e. The number of aromatic nitrogens is 4. The molecule has 8 rings (SSSR count). The molecule has 0 amide bonds. The number of ether oxygens (including phenoxy) is 1. The van der Waals surface area contributed by atoms with Gasteiger partial charge in [0, 0.05) is 43.4 Å². The number of aliphatic hydroxyl groups excluding tert-OH is 1. The summed E-state index contributed by atoms with van der Waals surface area (Å²) >= 11 is 0. The lowest BCUT2D eigenvalue weighted by Gasteiger charge is -2.25. The van der Waals surface area contributed by atoms with Gasteiger partial charge in [-0.05, 0) is 75.9 Å². The molecule has 0 saturated carbocycles. The molecule has 2 atom stereocenters. The molecule has 2 aromatic heterocycles. The van der Waals surface area contributed by atoms with Crippen LogP contribution in [0, 0.1) is 0 Å². The Kier molecular flexibility index (Phi) is 12.9. The van der Waals surface area contributed by atoms with E-state index in [-0.39, 0.29) is 19.0 Å². The Bertz CT molecular complexity index is 2220. The SMILES string of the molecule is C.CO.COC(=O)c1ccc2nc(-c3ccccc3)c(N3CCC[C@H]3C)nc2c1.C[C@@H]1CCCN1c1nc2cc(C(=O)O)ccc2nc1-c1ccccc1. The molecule has 0 bridgehead atoms. The second kappa shape index (κ2) is 17.7. The number of rotatable bonds is 6. The first kappa shape index (κ1) is 39.3. The van der Waals surface area contributed by atoms with Crippen molar-refractivity contribution in [2.24, 2.45) is 0 Å². The topological polar surface area (TPSA) is 142 Å². The number of fused-ring (bicyclic) bond motifs is 2. The Morgan fingerprint density at radius 1 is 0.630 bits per heavy atom. The van der Waals surface area contributed by atoms with Gasteiger partial charge in [-0.3, -0.25) is 0 Å². The summed E-state index contributed by atoms with van der Waals surface area (Å²) in [4.78, 5) is 47.2. The highest BCUT2D eigenvalue weighted by atomic mass is 16.5. The van der Waals surface area contributed by atoms with Crippen molar-refractivity contribution in [1.82, 2.24) is 19.9 Å². The molecule has 2 saturated heterocycles. The van der Waals surface area contributed by atoms with E-state index < -0.39 is 5.97 Å². The van der Waals surface area contributed by atoms with Crippen LogP contribution in [0.15, 0.2) is 97.1 Å². The van der Waals surface area contributed by atoms with E-state index >= 15 is 0 Å². The van der Waals surface area contributed by atoms with Crippen molar-refractivity contribution >= 4 is 45.6 Å². The van der Waals surface area contributed by atoms with Crippen LogP contribution in [0.5, 0.6) is 0 Å². The van der Waals surface area contributed by atoms with Gasteiger partial charge in [0.15, 0.2) is 11.6 Å². The van der Waals surface area contributed by atoms with Crippen molar-refractivity contribution < 1.29 is 24.5 Å². The first-order valence-corrected chi connectivity index (χ1v) is 17.8. The zero-order valence-corrected chi connectivity index (χ0v) is 30.4. The highest BCUT2D eigenvalue weighted by molar-refractivity contribution is 5.95. The molecule has 4 heterocycles. The minimum absolute atomic E-state index is 0.